The lowest BCUT2D eigenvalue weighted by Crippen LogP contribution is -2.54. The van der Waals surface area contributed by atoms with E-state index < -0.39 is 5.95 Å². The van der Waals surface area contributed by atoms with Crippen molar-refractivity contribution in [2.24, 2.45) is 0 Å². The van der Waals surface area contributed by atoms with Gasteiger partial charge in [0.25, 0.3) is 5.91 Å². The van der Waals surface area contributed by atoms with Crippen molar-refractivity contribution in [2.45, 2.75) is 108 Å². The summed E-state index contributed by atoms with van der Waals surface area (Å²) in [5, 5.41) is 7.08. The van der Waals surface area contributed by atoms with Gasteiger partial charge in [-0.1, -0.05) is 57.9 Å². The molecule has 3 rings (SSSR count). The largest absolute Gasteiger partial charge is 0.345 e. The van der Waals surface area contributed by atoms with Crippen molar-refractivity contribution in [3.05, 3.63) is 29.8 Å². The number of fused-ring (bicyclic) bond motifs is 2. The van der Waals surface area contributed by atoms with Gasteiger partial charge in [0, 0.05) is 11.1 Å². The summed E-state index contributed by atoms with van der Waals surface area (Å²) in [4.78, 5) is 16.4. The summed E-state index contributed by atoms with van der Waals surface area (Å²) in [7, 11) is 0. The predicted molar refractivity (Wildman–Crippen MR) is 115 cm³/mol. The molecule has 1 aromatic heterocycles. The van der Waals surface area contributed by atoms with Gasteiger partial charge in [0.15, 0.2) is 0 Å². The van der Waals surface area contributed by atoms with Gasteiger partial charge in [-0.25, -0.2) is 4.98 Å². The van der Waals surface area contributed by atoms with E-state index in [2.05, 4.69) is 22.5 Å². The first-order chi connectivity index (χ1) is 14.1. The Labute approximate surface area is 175 Å². The van der Waals surface area contributed by atoms with Gasteiger partial charge >= 0.3 is 0 Å². The standard InChI is InChI=1S/C24H38FN3O/c1-2-3-4-5-6-7-8-9-18-26-23-14-11-15-24(19-23,17-16-23)28-22(29)20-12-10-13-21(25)27-20/h10,12-13,26H,2-9,11,14-19H2,1H3,(H,28,29)/t23-,24+/m0/s1. The molecule has 4 nitrogen and oxygen atoms in total. The van der Waals surface area contributed by atoms with Crippen molar-refractivity contribution in [3.63, 3.8) is 0 Å². The van der Waals surface area contributed by atoms with Gasteiger partial charge in [0.05, 0.1) is 0 Å². The Bertz CT molecular complexity index is 667. The number of rotatable bonds is 12. The molecule has 2 fully saturated rings. The van der Waals surface area contributed by atoms with Gasteiger partial charge in [-0.15, -0.1) is 0 Å². The van der Waals surface area contributed by atoms with Crippen LogP contribution in [0.25, 0.3) is 0 Å². The van der Waals surface area contributed by atoms with Gasteiger partial charge in [-0.3, -0.25) is 4.79 Å². The molecule has 0 radical (unpaired) electrons. The van der Waals surface area contributed by atoms with Crippen LogP contribution in [0.5, 0.6) is 0 Å². The minimum absolute atomic E-state index is 0.157. The number of nitrogens with one attached hydrogen (secondary N) is 2. The number of amides is 1. The molecule has 0 aromatic carbocycles. The first-order valence-corrected chi connectivity index (χ1v) is 11.8. The molecule has 1 aromatic rings. The third-order valence-corrected chi connectivity index (χ3v) is 6.93. The summed E-state index contributed by atoms with van der Waals surface area (Å²) in [6, 6.07) is 4.39. The zero-order chi connectivity index (χ0) is 20.6. The second-order valence-electron chi connectivity index (χ2n) is 9.29. The molecule has 162 valence electrons. The van der Waals surface area contributed by atoms with E-state index in [9.17, 15) is 9.18 Å². The van der Waals surface area contributed by atoms with Crippen molar-refractivity contribution in [3.8, 4) is 0 Å². The number of hydrogen-bond donors (Lipinski definition) is 2. The van der Waals surface area contributed by atoms with E-state index in [1.807, 2.05) is 0 Å². The van der Waals surface area contributed by atoms with Crippen LogP contribution in [0.1, 0.15) is 107 Å². The maximum Gasteiger partial charge on any atom is 0.270 e. The Morgan fingerprint density at radius 3 is 2.45 bits per heavy atom. The van der Waals surface area contributed by atoms with E-state index in [-0.39, 0.29) is 22.7 Å². The molecule has 2 aliphatic carbocycles. The number of aromatic nitrogens is 1. The molecule has 2 bridgehead atoms. The Morgan fingerprint density at radius 2 is 1.69 bits per heavy atom. The molecule has 1 heterocycles. The number of carbonyl (C=O) groups is 1. The van der Waals surface area contributed by atoms with Crippen LogP contribution in [0.3, 0.4) is 0 Å². The average Bonchev–Trinajstić information content (AvgIpc) is 2.96. The highest BCUT2D eigenvalue weighted by Crippen LogP contribution is 2.48. The van der Waals surface area contributed by atoms with E-state index in [1.165, 1.54) is 63.9 Å². The van der Waals surface area contributed by atoms with Gasteiger partial charge in [-0.05, 0) is 63.6 Å². The summed E-state index contributed by atoms with van der Waals surface area (Å²) in [6.07, 6.45) is 17.1. The molecule has 2 saturated carbocycles. The molecule has 2 N–H and O–H groups in total. The van der Waals surface area contributed by atoms with Crippen LogP contribution in [0, 0.1) is 5.95 Å². The SMILES string of the molecule is CCCCCCCCCCN[C@@]12CCC[C@@](NC(=O)c3cccc(F)n3)(CC1)C2. The zero-order valence-electron chi connectivity index (χ0n) is 18.1. The third kappa shape index (κ3) is 6.24. The van der Waals surface area contributed by atoms with Gasteiger partial charge in [-0.2, -0.15) is 4.39 Å². The predicted octanol–water partition coefficient (Wildman–Crippen LogP) is 5.53. The van der Waals surface area contributed by atoms with Gasteiger partial charge < -0.3 is 10.6 Å². The molecule has 5 heteroatoms. The molecule has 0 spiro atoms. The summed E-state index contributed by atoms with van der Waals surface area (Å²) in [6.45, 7) is 3.34. The Balaban J connectivity index is 1.41. The monoisotopic (exact) mass is 403 g/mol. The fraction of sp³-hybridized carbons (Fsp3) is 0.750. The number of nitrogens with zero attached hydrogens (tertiary/aromatic N) is 1. The minimum Gasteiger partial charge on any atom is -0.345 e. The molecule has 0 saturated heterocycles. The van der Waals surface area contributed by atoms with Gasteiger partial charge in [0.1, 0.15) is 5.69 Å². The van der Waals surface area contributed by atoms with E-state index in [0.29, 0.717) is 0 Å². The first-order valence-electron chi connectivity index (χ1n) is 11.8. The molecule has 2 atom stereocenters. The fourth-order valence-corrected chi connectivity index (χ4v) is 5.36. The molecule has 0 unspecified atom stereocenters. The summed E-state index contributed by atoms with van der Waals surface area (Å²) in [5.74, 6) is -0.850. The normalized spacial score (nSPS) is 25.9. The topological polar surface area (TPSA) is 54.0 Å². The molecule has 2 aliphatic rings. The summed E-state index contributed by atoms with van der Waals surface area (Å²) in [5.41, 5.74) is 0.187. The first kappa shape index (κ1) is 22.2. The Kier molecular flexibility index (Phi) is 8.05. The molecular weight excluding hydrogens is 365 g/mol. The molecular formula is C24H38FN3O. The number of pyridine rings is 1. The van der Waals surface area contributed by atoms with Crippen LogP contribution in [-0.4, -0.2) is 28.5 Å². The van der Waals surface area contributed by atoms with E-state index in [4.69, 9.17) is 0 Å². The quantitative estimate of drug-likeness (QED) is 0.356. The molecule has 0 aliphatic heterocycles. The summed E-state index contributed by atoms with van der Waals surface area (Å²) < 4.78 is 13.4. The smallest absolute Gasteiger partial charge is 0.270 e. The lowest BCUT2D eigenvalue weighted by atomic mass is 9.78. The zero-order valence-corrected chi connectivity index (χ0v) is 18.1. The van der Waals surface area contributed by atoms with Crippen LogP contribution >= 0.6 is 0 Å². The van der Waals surface area contributed by atoms with Crippen molar-refractivity contribution < 1.29 is 9.18 Å². The molecule has 1 amide bonds. The van der Waals surface area contributed by atoms with Crippen molar-refractivity contribution in [1.82, 2.24) is 15.6 Å². The number of halogens is 1. The van der Waals surface area contributed by atoms with Crippen LogP contribution in [0.15, 0.2) is 18.2 Å². The minimum atomic E-state index is -0.605. The van der Waals surface area contributed by atoms with Crippen molar-refractivity contribution >= 4 is 5.91 Å². The summed E-state index contributed by atoms with van der Waals surface area (Å²) >= 11 is 0. The number of hydrogen-bond acceptors (Lipinski definition) is 3. The maximum atomic E-state index is 13.4. The highest BCUT2D eigenvalue weighted by molar-refractivity contribution is 5.92. The lowest BCUT2D eigenvalue weighted by Gasteiger charge is -2.40. The van der Waals surface area contributed by atoms with E-state index >= 15 is 0 Å². The van der Waals surface area contributed by atoms with Crippen LogP contribution in [-0.2, 0) is 0 Å². The Morgan fingerprint density at radius 1 is 1.00 bits per heavy atom. The highest BCUT2D eigenvalue weighted by atomic mass is 19.1. The van der Waals surface area contributed by atoms with Crippen molar-refractivity contribution in [1.29, 1.82) is 0 Å². The fourth-order valence-electron chi connectivity index (χ4n) is 5.36. The van der Waals surface area contributed by atoms with Crippen LogP contribution in [0.4, 0.5) is 4.39 Å². The van der Waals surface area contributed by atoms with Gasteiger partial charge in [0.2, 0.25) is 5.95 Å². The lowest BCUT2D eigenvalue weighted by molar-refractivity contribution is 0.0863. The highest BCUT2D eigenvalue weighted by Gasteiger charge is 2.51. The number of carbonyl (C=O) groups excluding carboxylic acids is 1. The number of unbranched alkanes of at least 4 members (excludes halogenated alkanes) is 7. The van der Waals surface area contributed by atoms with E-state index in [1.54, 1.807) is 12.1 Å². The average molecular weight is 404 g/mol. The van der Waals surface area contributed by atoms with E-state index in [0.717, 1.165) is 38.6 Å². The second-order valence-corrected chi connectivity index (χ2v) is 9.29. The Hall–Kier alpha value is -1.49. The third-order valence-electron chi connectivity index (χ3n) is 6.93. The van der Waals surface area contributed by atoms with Crippen LogP contribution in [0.2, 0.25) is 0 Å². The maximum absolute atomic E-state index is 13.4. The second kappa shape index (κ2) is 10.5. The molecule has 29 heavy (non-hydrogen) atoms. The van der Waals surface area contributed by atoms with Crippen LogP contribution < -0.4 is 10.6 Å². The van der Waals surface area contributed by atoms with Crippen molar-refractivity contribution in [2.75, 3.05) is 6.54 Å².